The molecule has 0 aliphatic carbocycles. The van der Waals surface area contributed by atoms with Gasteiger partial charge in [-0.3, -0.25) is 0 Å². The summed E-state index contributed by atoms with van der Waals surface area (Å²) in [6, 6.07) is 12.1. The summed E-state index contributed by atoms with van der Waals surface area (Å²) in [5.74, 6) is 0.511. The van der Waals surface area contributed by atoms with E-state index in [-0.39, 0.29) is 5.82 Å². The van der Waals surface area contributed by atoms with Crippen LogP contribution in [0.3, 0.4) is 0 Å². The molecule has 0 fully saturated rings. The number of halogens is 1. The molecule has 2 aromatic carbocycles. The summed E-state index contributed by atoms with van der Waals surface area (Å²) >= 11 is 1.46. The maximum absolute atomic E-state index is 13.1. The molecule has 0 aromatic heterocycles. The van der Waals surface area contributed by atoms with Crippen LogP contribution in [0.25, 0.3) is 0 Å². The zero-order valence-corrected chi connectivity index (χ0v) is 11.5. The van der Waals surface area contributed by atoms with Crippen LogP contribution in [-0.4, -0.2) is 6.61 Å². The lowest BCUT2D eigenvalue weighted by molar-refractivity contribution is 0.317. The monoisotopic (exact) mass is 277 g/mol. The minimum absolute atomic E-state index is 0.239. The SMILES string of the molecule is CCCOc1cc(N)cc(Sc2cccc(F)c2)c1. The lowest BCUT2D eigenvalue weighted by atomic mass is 10.3. The lowest BCUT2D eigenvalue weighted by Gasteiger charge is -2.08. The van der Waals surface area contributed by atoms with Gasteiger partial charge in [-0.2, -0.15) is 0 Å². The van der Waals surface area contributed by atoms with Crippen LogP contribution in [-0.2, 0) is 0 Å². The third kappa shape index (κ3) is 4.17. The molecular weight excluding hydrogens is 261 g/mol. The highest BCUT2D eigenvalue weighted by molar-refractivity contribution is 7.99. The molecule has 2 aromatic rings. The quantitative estimate of drug-likeness (QED) is 0.825. The van der Waals surface area contributed by atoms with Crippen molar-refractivity contribution in [1.29, 1.82) is 0 Å². The van der Waals surface area contributed by atoms with Gasteiger partial charge < -0.3 is 10.5 Å². The first kappa shape index (κ1) is 13.7. The maximum atomic E-state index is 13.1. The Morgan fingerprint density at radius 3 is 2.74 bits per heavy atom. The van der Waals surface area contributed by atoms with Crippen LogP contribution in [0.2, 0.25) is 0 Å². The molecule has 19 heavy (non-hydrogen) atoms. The van der Waals surface area contributed by atoms with E-state index in [1.807, 2.05) is 18.2 Å². The average Bonchev–Trinajstić information content (AvgIpc) is 2.35. The number of benzene rings is 2. The van der Waals surface area contributed by atoms with Gasteiger partial charge in [-0.1, -0.05) is 24.8 Å². The van der Waals surface area contributed by atoms with Crippen molar-refractivity contribution >= 4 is 17.4 Å². The van der Waals surface area contributed by atoms with Gasteiger partial charge in [0.2, 0.25) is 0 Å². The molecule has 0 aliphatic heterocycles. The van der Waals surface area contributed by atoms with Gasteiger partial charge in [-0.05, 0) is 36.8 Å². The van der Waals surface area contributed by atoms with Crippen LogP contribution in [0, 0.1) is 5.82 Å². The number of rotatable bonds is 5. The standard InChI is InChI=1S/C15H16FNOS/c1-2-6-18-13-8-12(17)9-15(10-13)19-14-5-3-4-11(16)7-14/h3-5,7-10H,2,6,17H2,1H3. The summed E-state index contributed by atoms with van der Waals surface area (Å²) in [4.78, 5) is 1.78. The molecular formula is C15H16FNOS. The van der Waals surface area contributed by atoms with Crippen LogP contribution in [0.4, 0.5) is 10.1 Å². The molecule has 0 aliphatic rings. The average molecular weight is 277 g/mol. The highest BCUT2D eigenvalue weighted by atomic mass is 32.2. The predicted molar refractivity (Wildman–Crippen MR) is 77.2 cm³/mol. The van der Waals surface area contributed by atoms with Crippen molar-refractivity contribution in [2.24, 2.45) is 0 Å². The Bertz CT molecular complexity index is 560. The Kier molecular flexibility index (Phi) is 4.68. The van der Waals surface area contributed by atoms with E-state index < -0.39 is 0 Å². The van der Waals surface area contributed by atoms with Crippen LogP contribution >= 0.6 is 11.8 Å². The van der Waals surface area contributed by atoms with E-state index in [2.05, 4.69) is 6.92 Å². The van der Waals surface area contributed by atoms with Crippen molar-refractivity contribution in [3.05, 3.63) is 48.3 Å². The number of nitrogens with two attached hydrogens (primary N) is 1. The van der Waals surface area contributed by atoms with Gasteiger partial charge >= 0.3 is 0 Å². The Morgan fingerprint density at radius 2 is 2.00 bits per heavy atom. The third-order valence-electron chi connectivity index (χ3n) is 2.41. The van der Waals surface area contributed by atoms with Gasteiger partial charge in [0, 0.05) is 21.5 Å². The number of nitrogen functional groups attached to an aromatic ring is 1. The van der Waals surface area contributed by atoms with E-state index in [9.17, 15) is 4.39 Å². The summed E-state index contributed by atoms with van der Waals surface area (Å²) < 4.78 is 18.7. The van der Waals surface area contributed by atoms with Crippen molar-refractivity contribution < 1.29 is 9.13 Å². The van der Waals surface area contributed by atoms with Crippen LogP contribution in [0.15, 0.2) is 52.3 Å². The van der Waals surface area contributed by atoms with E-state index in [4.69, 9.17) is 10.5 Å². The normalized spacial score (nSPS) is 10.4. The Balaban J connectivity index is 2.17. The lowest BCUT2D eigenvalue weighted by Crippen LogP contribution is -1.96. The summed E-state index contributed by atoms with van der Waals surface area (Å²) in [6.07, 6.45) is 0.946. The zero-order chi connectivity index (χ0) is 13.7. The van der Waals surface area contributed by atoms with Gasteiger partial charge in [0.05, 0.1) is 6.61 Å². The van der Waals surface area contributed by atoms with Crippen LogP contribution < -0.4 is 10.5 Å². The summed E-state index contributed by atoms with van der Waals surface area (Å²) in [7, 11) is 0. The maximum Gasteiger partial charge on any atom is 0.124 e. The Labute approximate surface area is 116 Å². The topological polar surface area (TPSA) is 35.2 Å². The first-order chi connectivity index (χ1) is 9.17. The fourth-order valence-electron chi connectivity index (χ4n) is 1.62. The number of ether oxygens (including phenoxy) is 1. The van der Waals surface area contributed by atoms with E-state index in [0.717, 1.165) is 22.0 Å². The second-order valence-corrected chi connectivity index (χ2v) is 5.29. The van der Waals surface area contributed by atoms with Crippen molar-refractivity contribution in [3.8, 4) is 5.75 Å². The van der Waals surface area contributed by atoms with E-state index >= 15 is 0 Å². The molecule has 0 saturated heterocycles. The number of hydrogen-bond donors (Lipinski definition) is 1. The largest absolute Gasteiger partial charge is 0.493 e. The number of hydrogen-bond acceptors (Lipinski definition) is 3. The van der Waals surface area contributed by atoms with Crippen LogP contribution in [0.5, 0.6) is 5.75 Å². The third-order valence-corrected chi connectivity index (χ3v) is 3.37. The summed E-state index contributed by atoms with van der Waals surface area (Å²) in [5.41, 5.74) is 6.49. The summed E-state index contributed by atoms with van der Waals surface area (Å²) in [5, 5.41) is 0. The van der Waals surface area contributed by atoms with Gasteiger partial charge in [-0.15, -0.1) is 0 Å². The summed E-state index contributed by atoms with van der Waals surface area (Å²) in [6.45, 7) is 2.71. The predicted octanol–water partition coefficient (Wildman–Crippen LogP) is 4.35. The highest BCUT2D eigenvalue weighted by Gasteiger charge is 2.03. The highest BCUT2D eigenvalue weighted by Crippen LogP contribution is 2.32. The van der Waals surface area contributed by atoms with Crippen molar-refractivity contribution in [1.82, 2.24) is 0 Å². The van der Waals surface area contributed by atoms with E-state index in [0.29, 0.717) is 12.3 Å². The molecule has 0 bridgehead atoms. The van der Waals surface area contributed by atoms with Gasteiger partial charge in [-0.25, -0.2) is 4.39 Å². The van der Waals surface area contributed by atoms with Crippen LogP contribution in [0.1, 0.15) is 13.3 Å². The molecule has 2 rings (SSSR count). The fourth-order valence-corrected chi connectivity index (χ4v) is 2.58. The van der Waals surface area contributed by atoms with Crippen molar-refractivity contribution in [2.45, 2.75) is 23.1 Å². The molecule has 0 spiro atoms. The molecule has 0 unspecified atom stereocenters. The van der Waals surface area contributed by atoms with Crippen molar-refractivity contribution in [3.63, 3.8) is 0 Å². The number of anilines is 1. The molecule has 0 atom stereocenters. The minimum Gasteiger partial charge on any atom is -0.493 e. The molecule has 2 nitrogen and oxygen atoms in total. The molecule has 100 valence electrons. The van der Waals surface area contributed by atoms with Gasteiger partial charge in [0.1, 0.15) is 11.6 Å². The minimum atomic E-state index is -0.239. The first-order valence-corrected chi connectivity index (χ1v) is 6.96. The fraction of sp³-hybridized carbons (Fsp3) is 0.200. The zero-order valence-electron chi connectivity index (χ0n) is 10.7. The Hall–Kier alpha value is -1.68. The van der Waals surface area contributed by atoms with E-state index in [1.165, 1.54) is 23.9 Å². The molecule has 0 amide bonds. The molecule has 0 heterocycles. The molecule has 0 radical (unpaired) electrons. The second-order valence-electron chi connectivity index (χ2n) is 4.15. The Morgan fingerprint density at radius 1 is 1.16 bits per heavy atom. The smallest absolute Gasteiger partial charge is 0.124 e. The molecule has 2 N–H and O–H groups in total. The molecule has 4 heteroatoms. The van der Waals surface area contributed by atoms with Gasteiger partial charge in [0.25, 0.3) is 0 Å². The second kappa shape index (κ2) is 6.48. The first-order valence-electron chi connectivity index (χ1n) is 6.14. The van der Waals surface area contributed by atoms with Gasteiger partial charge in [0.15, 0.2) is 0 Å². The molecule has 0 saturated carbocycles. The van der Waals surface area contributed by atoms with Crippen molar-refractivity contribution in [2.75, 3.05) is 12.3 Å². The van der Waals surface area contributed by atoms with E-state index in [1.54, 1.807) is 12.1 Å².